The Kier molecular flexibility index (Phi) is 4.51. The summed E-state index contributed by atoms with van der Waals surface area (Å²) in [7, 11) is 2.09. The maximum atomic E-state index is 13.0. The third kappa shape index (κ3) is 4.84. The third-order valence-corrected chi connectivity index (χ3v) is 3.07. The molecule has 1 saturated carbocycles. The molecule has 1 fully saturated rings. The monoisotopic (exact) mass is 236 g/mol. The van der Waals surface area contributed by atoms with Crippen LogP contribution in [0, 0.1) is 5.82 Å². The summed E-state index contributed by atoms with van der Waals surface area (Å²) in [6.07, 6.45) is 3.85. The van der Waals surface area contributed by atoms with E-state index in [9.17, 15) is 4.39 Å². The van der Waals surface area contributed by atoms with Gasteiger partial charge in [-0.25, -0.2) is 4.39 Å². The van der Waals surface area contributed by atoms with E-state index in [1.807, 2.05) is 6.07 Å². The lowest BCUT2D eigenvalue weighted by Gasteiger charge is -2.16. The molecule has 1 N–H and O–H groups in total. The minimum Gasteiger partial charge on any atom is -0.314 e. The summed E-state index contributed by atoms with van der Waals surface area (Å²) in [6.45, 7) is 2.97. The lowest BCUT2D eigenvalue weighted by Crippen LogP contribution is -2.24. The maximum Gasteiger partial charge on any atom is 0.123 e. The van der Waals surface area contributed by atoms with Gasteiger partial charge in [-0.3, -0.25) is 0 Å². The van der Waals surface area contributed by atoms with Crippen molar-refractivity contribution < 1.29 is 4.39 Å². The molecule has 0 bridgehead atoms. The van der Waals surface area contributed by atoms with E-state index in [1.54, 1.807) is 12.1 Å². The van der Waals surface area contributed by atoms with E-state index >= 15 is 0 Å². The van der Waals surface area contributed by atoms with Gasteiger partial charge in [-0.05, 0) is 57.1 Å². The van der Waals surface area contributed by atoms with Crippen LogP contribution in [0.25, 0.3) is 0 Å². The molecule has 2 rings (SSSR count). The van der Waals surface area contributed by atoms with Crippen LogP contribution in [-0.4, -0.2) is 31.1 Å². The molecule has 0 heterocycles. The zero-order valence-electron chi connectivity index (χ0n) is 10.5. The van der Waals surface area contributed by atoms with Crippen LogP contribution < -0.4 is 5.32 Å². The average molecular weight is 236 g/mol. The zero-order valence-corrected chi connectivity index (χ0v) is 10.5. The normalized spacial score (nSPS) is 15.5. The second kappa shape index (κ2) is 6.12. The highest BCUT2D eigenvalue weighted by Gasteiger charge is 2.19. The maximum absolute atomic E-state index is 13.0. The summed E-state index contributed by atoms with van der Waals surface area (Å²) in [5, 5.41) is 3.50. The van der Waals surface area contributed by atoms with E-state index in [0.29, 0.717) is 0 Å². The smallest absolute Gasteiger partial charge is 0.123 e. The van der Waals surface area contributed by atoms with Gasteiger partial charge < -0.3 is 10.2 Å². The largest absolute Gasteiger partial charge is 0.314 e. The summed E-state index contributed by atoms with van der Waals surface area (Å²) in [6, 6.07) is 7.64. The van der Waals surface area contributed by atoms with Gasteiger partial charge in [0.15, 0.2) is 0 Å². The summed E-state index contributed by atoms with van der Waals surface area (Å²) in [5.41, 5.74) is 1.04. The van der Waals surface area contributed by atoms with Crippen molar-refractivity contribution in [2.24, 2.45) is 0 Å². The first kappa shape index (κ1) is 12.5. The molecule has 0 aromatic heterocycles. The quantitative estimate of drug-likeness (QED) is 0.731. The molecule has 1 aliphatic rings. The molecule has 3 heteroatoms. The lowest BCUT2D eigenvalue weighted by atomic mass is 10.2. The van der Waals surface area contributed by atoms with Crippen LogP contribution in [0.3, 0.4) is 0 Å². The topological polar surface area (TPSA) is 15.3 Å². The molecule has 0 amide bonds. The number of halogens is 1. The van der Waals surface area contributed by atoms with Gasteiger partial charge in [0.25, 0.3) is 0 Å². The first-order valence-corrected chi connectivity index (χ1v) is 6.40. The fraction of sp³-hybridized carbons (Fsp3) is 0.571. The number of hydrogen-bond donors (Lipinski definition) is 1. The Morgan fingerprint density at radius 3 is 2.94 bits per heavy atom. The zero-order chi connectivity index (χ0) is 12.1. The minimum atomic E-state index is -0.147. The van der Waals surface area contributed by atoms with E-state index in [2.05, 4.69) is 17.3 Å². The van der Waals surface area contributed by atoms with Gasteiger partial charge in [0.05, 0.1) is 0 Å². The molecule has 0 saturated heterocycles. The lowest BCUT2D eigenvalue weighted by molar-refractivity contribution is 0.319. The van der Waals surface area contributed by atoms with Crippen LogP contribution >= 0.6 is 0 Å². The van der Waals surface area contributed by atoms with Gasteiger partial charge in [-0.1, -0.05) is 12.1 Å². The molecule has 0 aliphatic heterocycles. The van der Waals surface area contributed by atoms with Gasteiger partial charge in [0.2, 0.25) is 0 Å². The van der Waals surface area contributed by atoms with Crippen molar-refractivity contribution in [2.45, 2.75) is 31.8 Å². The van der Waals surface area contributed by atoms with Gasteiger partial charge in [-0.2, -0.15) is 0 Å². The van der Waals surface area contributed by atoms with Crippen LogP contribution in [0.2, 0.25) is 0 Å². The number of hydrogen-bond acceptors (Lipinski definition) is 2. The Hall–Kier alpha value is -0.930. The first-order chi connectivity index (χ1) is 8.24. The van der Waals surface area contributed by atoms with Crippen molar-refractivity contribution in [1.82, 2.24) is 10.2 Å². The van der Waals surface area contributed by atoms with E-state index in [-0.39, 0.29) is 5.82 Å². The fourth-order valence-electron chi connectivity index (χ4n) is 1.97. The second-order valence-electron chi connectivity index (χ2n) is 4.95. The van der Waals surface area contributed by atoms with Crippen molar-refractivity contribution in [2.75, 3.05) is 20.1 Å². The summed E-state index contributed by atoms with van der Waals surface area (Å²) >= 11 is 0. The predicted molar refractivity (Wildman–Crippen MR) is 68.4 cm³/mol. The Labute approximate surface area is 103 Å². The van der Waals surface area contributed by atoms with Crippen LogP contribution in [0.15, 0.2) is 24.3 Å². The van der Waals surface area contributed by atoms with E-state index < -0.39 is 0 Å². The van der Waals surface area contributed by atoms with Crippen LogP contribution in [0.1, 0.15) is 24.8 Å². The van der Waals surface area contributed by atoms with Gasteiger partial charge >= 0.3 is 0 Å². The van der Waals surface area contributed by atoms with Crippen molar-refractivity contribution >= 4 is 0 Å². The molecule has 0 spiro atoms. The molecule has 17 heavy (non-hydrogen) atoms. The van der Waals surface area contributed by atoms with E-state index in [4.69, 9.17) is 0 Å². The average Bonchev–Trinajstić information content (AvgIpc) is 3.08. The van der Waals surface area contributed by atoms with Crippen LogP contribution in [0.4, 0.5) is 4.39 Å². The Morgan fingerprint density at radius 1 is 1.41 bits per heavy atom. The van der Waals surface area contributed by atoms with Crippen molar-refractivity contribution in [3.8, 4) is 0 Å². The SMILES string of the molecule is CN(CCCNC1CC1)Cc1cccc(F)c1. The highest BCUT2D eigenvalue weighted by molar-refractivity contribution is 5.15. The second-order valence-corrected chi connectivity index (χ2v) is 4.95. The van der Waals surface area contributed by atoms with E-state index in [1.165, 1.54) is 18.9 Å². The third-order valence-electron chi connectivity index (χ3n) is 3.07. The van der Waals surface area contributed by atoms with Crippen LogP contribution in [0.5, 0.6) is 0 Å². The molecule has 2 nitrogen and oxygen atoms in total. The van der Waals surface area contributed by atoms with Gasteiger partial charge in [-0.15, -0.1) is 0 Å². The molecule has 1 aromatic carbocycles. The summed E-state index contributed by atoms with van der Waals surface area (Å²) in [4.78, 5) is 2.24. The van der Waals surface area contributed by atoms with Gasteiger partial charge in [0, 0.05) is 12.6 Å². The molecule has 0 atom stereocenters. The number of nitrogens with one attached hydrogen (secondary N) is 1. The minimum absolute atomic E-state index is 0.147. The summed E-state index contributed by atoms with van der Waals surface area (Å²) < 4.78 is 13.0. The van der Waals surface area contributed by atoms with Gasteiger partial charge in [0.1, 0.15) is 5.82 Å². The Balaban J connectivity index is 1.63. The number of rotatable bonds is 7. The fourth-order valence-corrected chi connectivity index (χ4v) is 1.97. The van der Waals surface area contributed by atoms with E-state index in [0.717, 1.165) is 37.7 Å². The molecule has 0 radical (unpaired) electrons. The highest BCUT2D eigenvalue weighted by Crippen LogP contribution is 2.18. The molecule has 0 unspecified atom stereocenters. The van der Waals surface area contributed by atoms with Crippen molar-refractivity contribution in [3.05, 3.63) is 35.6 Å². The molecular formula is C14H21FN2. The number of benzene rings is 1. The van der Waals surface area contributed by atoms with Crippen molar-refractivity contribution in [3.63, 3.8) is 0 Å². The highest BCUT2D eigenvalue weighted by atomic mass is 19.1. The van der Waals surface area contributed by atoms with Crippen molar-refractivity contribution in [1.29, 1.82) is 0 Å². The number of nitrogens with zero attached hydrogens (tertiary/aromatic N) is 1. The predicted octanol–water partition coefficient (Wildman–Crippen LogP) is 2.40. The summed E-state index contributed by atoms with van der Waals surface area (Å²) in [5.74, 6) is -0.147. The van der Waals surface area contributed by atoms with Crippen LogP contribution in [-0.2, 0) is 6.54 Å². The standard InChI is InChI=1S/C14H21FN2/c1-17(9-3-8-16-14-6-7-14)11-12-4-2-5-13(15)10-12/h2,4-5,10,14,16H,3,6-9,11H2,1H3. The molecule has 1 aliphatic carbocycles. The molecular weight excluding hydrogens is 215 g/mol. The Morgan fingerprint density at radius 2 is 2.24 bits per heavy atom. The molecule has 94 valence electrons. The Bertz CT molecular complexity index is 350. The first-order valence-electron chi connectivity index (χ1n) is 6.40. The molecule has 1 aromatic rings.